The van der Waals surface area contributed by atoms with Crippen LogP contribution in [0.4, 0.5) is 8.78 Å². The molecule has 4 amide bonds. The molecule has 39 heavy (non-hydrogen) atoms. The number of hydrogen-bond donors (Lipinski definition) is 4. The average Bonchev–Trinajstić information content (AvgIpc) is 3.51. The zero-order valence-corrected chi connectivity index (χ0v) is 23.3. The Balaban J connectivity index is 1.85. The minimum absolute atomic E-state index is 0.0128. The molecule has 2 saturated carbocycles. The fourth-order valence-electron chi connectivity index (χ4n) is 5.52. The molecule has 0 spiro atoms. The van der Waals surface area contributed by atoms with Crippen molar-refractivity contribution < 1.29 is 37.9 Å². The van der Waals surface area contributed by atoms with E-state index in [9.17, 15) is 37.9 Å². The van der Waals surface area contributed by atoms with E-state index in [4.69, 9.17) is 0 Å². The Kier molecular flexibility index (Phi) is 9.72. The van der Waals surface area contributed by atoms with Crippen LogP contribution in [0, 0.1) is 23.7 Å². The first kappa shape index (κ1) is 30.9. The van der Waals surface area contributed by atoms with Gasteiger partial charge < -0.3 is 26.0 Å². The summed E-state index contributed by atoms with van der Waals surface area (Å²) < 4.78 is 29.6. The fourth-order valence-corrected chi connectivity index (χ4v) is 5.52. The van der Waals surface area contributed by atoms with Gasteiger partial charge in [-0.1, -0.05) is 41.0 Å². The van der Waals surface area contributed by atoms with Gasteiger partial charge >= 0.3 is 0 Å². The van der Waals surface area contributed by atoms with E-state index in [1.54, 1.807) is 34.6 Å². The van der Waals surface area contributed by atoms with Gasteiger partial charge in [0.25, 0.3) is 11.8 Å². The third-order valence-electron chi connectivity index (χ3n) is 8.03. The summed E-state index contributed by atoms with van der Waals surface area (Å²) in [6.45, 7) is 8.01. The van der Waals surface area contributed by atoms with Gasteiger partial charge in [0.15, 0.2) is 0 Å². The summed E-state index contributed by atoms with van der Waals surface area (Å²) in [6.07, 6.45) is 0.432. The zero-order valence-electron chi connectivity index (χ0n) is 23.3. The van der Waals surface area contributed by atoms with Gasteiger partial charge in [-0.05, 0) is 43.4 Å². The number of nitrogens with one attached hydrogen (secondary N) is 3. The number of halogens is 2. The monoisotopic (exact) mass is 556 g/mol. The van der Waals surface area contributed by atoms with Crippen molar-refractivity contribution in [2.24, 2.45) is 23.7 Å². The molecule has 1 aliphatic heterocycles. The number of rotatable bonds is 12. The van der Waals surface area contributed by atoms with Crippen LogP contribution in [0.15, 0.2) is 0 Å². The highest BCUT2D eigenvalue weighted by atomic mass is 19.3. The van der Waals surface area contributed by atoms with Gasteiger partial charge in [-0.2, -0.15) is 0 Å². The lowest BCUT2D eigenvalue weighted by Gasteiger charge is -2.33. The van der Waals surface area contributed by atoms with Crippen LogP contribution in [-0.2, 0) is 24.0 Å². The van der Waals surface area contributed by atoms with Crippen molar-refractivity contribution in [3.05, 3.63) is 0 Å². The summed E-state index contributed by atoms with van der Waals surface area (Å²) in [4.78, 5) is 66.2. The number of nitrogens with zero attached hydrogens (tertiary/aromatic N) is 1. The van der Waals surface area contributed by atoms with E-state index < -0.39 is 89.7 Å². The molecule has 2 aliphatic carbocycles. The van der Waals surface area contributed by atoms with Crippen molar-refractivity contribution >= 4 is 29.4 Å². The summed E-state index contributed by atoms with van der Waals surface area (Å²) in [7, 11) is 0. The first-order valence-corrected chi connectivity index (χ1v) is 14.0. The van der Waals surface area contributed by atoms with E-state index in [-0.39, 0.29) is 25.4 Å². The summed E-state index contributed by atoms with van der Waals surface area (Å²) in [5.74, 6) is -9.90. The van der Waals surface area contributed by atoms with Crippen molar-refractivity contribution in [3.8, 4) is 0 Å². The summed E-state index contributed by atoms with van der Waals surface area (Å²) in [5.41, 5.74) is 0. The molecule has 10 nitrogen and oxygen atoms in total. The SMILES string of the molecule is CCCC(NC(=O)[C@@H]1[C@H]2CCC(F)(F)[C@H]2CN1C(=O)[C@@H](NC(=O)[C@@H](O)C(C)C)C(C)C)C(=O)C(=O)NC1CC1. The number of aliphatic hydroxyl groups excluding tert-OH is 1. The Hall–Kier alpha value is -2.63. The maximum atomic E-state index is 14.8. The molecule has 0 bridgehead atoms. The molecule has 3 fully saturated rings. The number of carbonyl (C=O) groups is 5. The lowest BCUT2D eigenvalue weighted by atomic mass is 9.91. The van der Waals surface area contributed by atoms with Crippen LogP contribution in [0.25, 0.3) is 0 Å². The third-order valence-corrected chi connectivity index (χ3v) is 8.03. The van der Waals surface area contributed by atoms with Crippen LogP contribution in [-0.4, -0.2) is 82.2 Å². The molecule has 1 heterocycles. The van der Waals surface area contributed by atoms with Crippen LogP contribution in [0.1, 0.15) is 73.1 Å². The van der Waals surface area contributed by atoms with Gasteiger partial charge in [-0.15, -0.1) is 0 Å². The number of carbonyl (C=O) groups excluding carboxylic acids is 5. The average molecular weight is 557 g/mol. The minimum Gasteiger partial charge on any atom is -0.383 e. The zero-order chi connectivity index (χ0) is 29.2. The van der Waals surface area contributed by atoms with E-state index in [0.717, 1.165) is 17.7 Å². The maximum Gasteiger partial charge on any atom is 0.289 e. The normalized spacial score (nSPS) is 26.1. The van der Waals surface area contributed by atoms with E-state index in [2.05, 4.69) is 16.0 Å². The van der Waals surface area contributed by atoms with E-state index in [0.29, 0.717) is 6.42 Å². The van der Waals surface area contributed by atoms with Crippen molar-refractivity contribution in [3.63, 3.8) is 0 Å². The van der Waals surface area contributed by atoms with E-state index >= 15 is 0 Å². The van der Waals surface area contributed by atoms with Crippen molar-refractivity contribution in [1.29, 1.82) is 0 Å². The Morgan fingerprint density at radius 2 is 1.64 bits per heavy atom. The first-order valence-electron chi connectivity index (χ1n) is 14.0. The highest BCUT2D eigenvalue weighted by Gasteiger charge is 2.61. The molecule has 0 aromatic rings. The molecule has 4 N–H and O–H groups in total. The van der Waals surface area contributed by atoms with Crippen molar-refractivity contribution in [2.45, 2.75) is 109 Å². The van der Waals surface area contributed by atoms with Crippen LogP contribution >= 0.6 is 0 Å². The Bertz CT molecular complexity index is 970. The molecule has 3 rings (SSSR count). The summed E-state index contributed by atoms with van der Waals surface area (Å²) in [6, 6.07) is -3.66. The molecule has 220 valence electrons. The molecule has 6 atom stereocenters. The molecular formula is C27H42F2N4O6. The standard InChI is InChI=1S/C27H42F2N4O6/c1-6-7-18(22(35)25(38)30-15-8-9-15)31-23(36)20-16-10-11-27(28,29)17(16)12-33(20)26(39)19(13(2)3)32-24(37)21(34)14(4)5/h13-21,34H,6-12H2,1-5H3,(H,30,38)(H,31,36)(H,32,37)/t16-,17-,18?,19-,20-,21-/m0/s1. The Labute approximate surface area is 228 Å². The quantitative estimate of drug-likeness (QED) is 0.266. The van der Waals surface area contributed by atoms with Gasteiger partial charge in [0.05, 0.1) is 6.04 Å². The predicted molar refractivity (Wildman–Crippen MR) is 137 cm³/mol. The summed E-state index contributed by atoms with van der Waals surface area (Å²) in [5, 5.41) is 17.9. The third kappa shape index (κ3) is 6.93. The number of aliphatic hydroxyl groups is 1. The van der Waals surface area contributed by atoms with E-state index in [1.807, 2.05) is 0 Å². The van der Waals surface area contributed by atoms with Crippen LogP contribution in [0.3, 0.4) is 0 Å². The second-order valence-corrected chi connectivity index (χ2v) is 11.9. The van der Waals surface area contributed by atoms with Gasteiger partial charge in [0.2, 0.25) is 23.5 Å². The summed E-state index contributed by atoms with van der Waals surface area (Å²) >= 11 is 0. The van der Waals surface area contributed by atoms with Gasteiger partial charge in [-0.25, -0.2) is 8.78 Å². The number of likely N-dealkylation sites (tertiary alicyclic amines) is 1. The van der Waals surface area contributed by atoms with Crippen LogP contribution in [0.5, 0.6) is 0 Å². The van der Waals surface area contributed by atoms with Crippen LogP contribution in [0.2, 0.25) is 0 Å². The topological polar surface area (TPSA) is 145 Å². The second-order valence-electron chi connectivity index (χ2n) is 11.9. The highest BCUT2D eigenvalue weighted by Crippen LogP contribution is 2.51. The molecule has 3 aliphatic rings. The molecule has 1 unspecified atom stereocenters. The fraction of sp³-hybridized carbons (Fsp3) is 0.815. The number of hydrogen-bond acceptors (Lipinski definition) is 6. The molecular weight excluding hydrogens is 514 g/mol. The van der Waals surface area contributed by atoms with Crippen molar-refractivity contribution in [1.82, 2.24) is 20.9 Å². The predicted octanol–water partition coefficient (Wildman–Crippen LogP) is 1.15. The molecule has 0 radical (unpaired) electrons. The number of fused-ring (bicyclic) bond motifs is 1. The Morgan fingerprint density at radius 1 is 1.00 bits per heavy atom. The van der Waals surface area contributed by atoms with Crippen LogP contribution < -0.4 is 16.0 Å². The number of Topliss-reactive ketones (excluding diaryl/α,β-unsaturated/α-hetero) is 1. The second kappa shape index (κ2) is 12.3. The molecule has 0 aromatic carbocycles. The molecule has 0 aromatic heterocycles. The van der Waals surface area contributed by atoms with Crippen molar-refractivity contribution in [2.75, 3.05) is 6.54 Å². The van der Waals surface area contributed by atoms with Gasteiger partial charge in [0, 0.05) is 24.9 Å². The smallest absolute Gasteiger partial charge is 0.289 e. The molecule has 12 heteroatoms. The number of amides is 4. The number of alkyl halides is 2. The minimum atomic E-state index is -3.08. The maximum absolute atomic E-state index is 14.8. The van der Waals surface area contributed by atoms with Gasteiger partial charge in [-0.3, -0.25) is 24.0 Å². The Morgan fingerprint density at radius 3 is 2.18 bits per heavy atom. The molecule has 1 saturated heterocycles. The highest BCUT2D eigenvalue weighted by molar-refractivity contribution is 6.38. The van der Waals surface area contributed by atoms with E-state index in [1.165, 1.54) is 0 Å². The largest absolute Gasteiger partial charge is 0.383 e. The first-order chi connectivity index (χ1) is 18.2. The lowest BCUT2D eigenvalue weighted by molar-refractivity contribution is -0.146. The lowest BCUT2D eigenvalue weighted by Crippen LogP contribution is -2.59. The van der Waals surface area contributed by atoms with Gasteiger partial charge in [0.1, 0.15) is 18.2 Å². The number of ketones is 1.